The van der Waals surface area contributed by atoms with Crippen molar-refractivity contribution in [3.05, 3.63) is 59.7 Å². The third-order valence-corrected chi connectivity index (χ3v) is 7.33. The topological polar surface area (TPSA) is 127 Å². The van der Waals surface area contributed by atoms with E-state index in [2.05, 4.69) is 4.90 Å². The molecule has 9 nitrogen and oxygen atoms in total. The number of nitrogens with two attached hydrogens (primary N) is 1. The van der Waals surface area contributed by atoms with Gasteiger partial charge in [-0.05, 0) is 61.3 Å². The fourth-order valence-electron chi connectivity index (χ4n) is 3.87. The Morgan fingerprint density at radius 3 is 2.28 bits per heavy atom. The highest BCUT2D eigenvalue weighted by Gasteiger charge is 2.26. The van der Waals surface area contributed by atoms with Gasteiger partial charge in [0.2, 0.25) is 5.91 Å². The Bertz CT molecular complexity index is 968. The maximum absolute atomic E-state index is 13.1. The molecular weight excluding hydrogens is 452 g/mol. The number of hydrogen-bond donors (Lipinski definition) is 3. The van der Waals surface area contributed by atoms with Crippen LogP contribution in [0.4, 0.5) is 11.4 Å². The lowest BCUT2D eigenvalue weighted by atomic mass is 10.0. The lowest BCUT2D eigenvalue weighted by molar-refractivity contribution is -0.131. The molecule has 1 saturated heterocycles. The summed E-state index contributed by atoms with van der Waals surface area (Å²) >= 11 is -5.30. The summed E-state index contributed by atoms with van der Waals surface area (Å²) in [6.45, 7) is 2.75. The Balaban J connectivity index is 1.75. The molecule has 174 valence electrons. The summed E-state index contributed by atoms with van der Waals surface area (Å²) in [5, 5.41) is 0. The molecule has 2 aromatic carbocycles. The molecule has 3 atom stereocenters. The largest absolute Gasteiger partial charge is 0.399 e. The molecule has 1 aliphatic heterocycles. The van der Waals surface area contributed by atoms with Crippen LogP contribution in [0.2, 0.25) is 0 Å². The number of nitrogen functional groups attached to an aromatic ring is 1. The SMILES string of the molecule is CN(C(=O)Cc1ccc(N(S(=O)O)S(=O)O)cc1)C(CN1CCCC1)c1cccc(N)c1. The number of carbonyl (C=O) groups excluding carboxylic acids is 1. The van der Waals surface area contributed by atoms with Gasteiger partial charge in [0.25, 0.3) is 22.5 Å². The zero-order valence-corrected chi connectivity index (χ0v) is 19.4. The zero-order valence-electron chi connectivity index (χ0n) is 17.8. The highest BCUT2D eigenvalue weighted by Crippen LogP contribution is 2.26. The van der Waals surface area contributed by atoms with Crippen LogP contribution in [0.15, 0.2) is 48.5 Å². The van der Waals surface area contributed by atoms with Crippen LogP contribution in [0, 0.1) is 0 Å². The minimum Gasteiger partial charge on any atom is -0.399 e. The zero-order chi connectivity index (χ0) is 23.3. The molecule has 32 heavy (non-hydrogen) atoms. The number of anilines is 2. The monoisotopic (exact) mass is 480 g/mol. The van der Waals surface area contributed by atoms with E-state index in [1.54, 1.807) is 24.1 Å². The summed E-state index contributed by atoms with van der Waals surface area (Å²) in [6, 6.07) is 13.5. The van der Waals surface area contributed by atoms with Crippen molar-refractivity contribution in [2.24, 2.45) is 0 Å². The quantitative estimate of drug-likeness (QED) is 0.371. The number of amides is 1. The van der Waals surface area contributed by atoms with Gasteiger partial charge in [-0.25, -0.2) is 8.42 Å². The normalized spacial score (nSPS) is 17.0. The highest BCUT2D eigenvalue weighted by molar-refractivity contribution is 7.99. The van der Waals surface area contributed by atoms with Crippen LogP contribution in [0.25, 0.3) is 0 Å². The first-order valence-electron chi connectivity index (χ1n) is 10.2. The van der Waals surface area contributed by atoms with E-state index in [0.29, 0.717) is 15.0 Å². The average Bonchev–Trinajstić information content (AvgIpc) is 3.25. The second-order valence-electron chi connectivity index (χ2n) is 7.76. The van der Waals surface area contributed by atoms with Crippen LogP contribution in [0.5, 0.6) is 0 Å². The molecule has 0 aliphatic carbocycles. The molecule has 0 spiro atoms. The van der Waals surface area contributed by atoms with Gasteiger partial charge in [0.15, 0.2) is 0 Å². The van der Waals surface area contributed by atoms with Crippen LogP contribution in [-0.2, 0) is 33.7 Å². The number of hydrogen-bond acceptors (Lipinski definition) is 5. The van der Waals surface area contributed by atoms with Gasteiger partial charge in [-0.3, -0.25) is 13.9 Å². The summed E-state index contributed by atoms with van der Waals surface area (Å²) < 4.78 is 41.4. The second-order valence-corrected chi connectivity index (χ2v) is 9.64. The van der Waals surface area contributed by atoms with Crippen molar-refractivity contribution in [1.29, 1.82) is 0 Å². The van der Waals surface area contributed by atoms with Crippen molar-refractivity contribution in [3.8, 4) is 0 Å². The smallest absolute Gasteiger partial charge is 0.276 e. The average molecular weight is 481 g/mol. The van der Waals surface area contributed by atoms with Crippen LogP contribution in [0.3, 0.4) is 0 Å². The van der Waals surface area contributed by atoms with Gasteiger partial charge in [-0.2, -0.15) is 3.71 Å². The van der Waals surface area contributed by atoms with E-state index in [1.165, 1.54) is 12.1 Å². The molecule has 3 unspecified atom stereocenters. The van der Waals surface area contributed by atoms with Gasteiger partial charge in [0.1, 0.15) is 0 Å². The van der Waals surface area contributed by atoms with Gasteiger partial charge in [0.05, 0.1) is 18.2 Å². The van der Waals surface area contributed by atoms with Gasteiger partial charge in [0, 0.05) is 19.3 Å². The number of likely N-dealkylation sites (N-methyl/N-ethyl adjacent to an activating group) is 1. The van der Waals surface area contributed by atoms with Gasteiger partial charge in [-0.15, -0.1) is 0 Å². The Hall–Kier alpha value is -2.31. The molecule has 0 saturated carbocycles. The third-order valence-electron chi connectivity index (χ3n) is 5.57. The first-order valence-corrected chi connectivity index (χ1v) is 12.3. The maximum Gasteiger partial charge on any atom is 0.276 e. The lowest BCUT2D eigenvalue weighted by Crippen LogP contribution is -2.39. The van der Waals surface area contributed by atoms with Crippen molar-refractivity contribution in [1.82, 2.24) is 9.80 Å². The summed E-state index contributed by atoms with van der Waals surface area (Å²) in [5.41, 5.74) is 8.40. The van der Waals surface area contributed by atoms with Gasteiger partial charge in [-0.1, -0.05) is 24.3 Å². The molecule has 0 bridgehead atoms. The number of rotatable bonds is 9. The molecular formula is C21H28N4O5S2. The maximum atomic E-state index is 13.1. The molecule has 3 rings (SSSR count). The molecule has 1 heterocycles. The molecule has 11 heteroatoms. The third kappa shape index (κ3) is 6.14. The van der Waals surface area contributed by atoms with Crippen molar-refractivity contribution in [2.45, 2.75) is 25.3 Å². The molecule has 4 N–H and O–H groups in total. The summed E-state index contributed by atoms with van der Waals surface area (Å²) in [6.07, 6.45) is 2.43. The Morgan fingerprint density at radius 2 is 1.72 bits per heavy atom. The van der Waals surface area contributed by atoms with Crippen LogP contribution in [-0.4, -0.2) is 59.9 Å². The standard InChI is InChI=1S/C21H28N4O5S2/c1-23(20(15-24-11-2-3-12-24)17-5-4-6-18(22)14-17)21(26)13-16-7-9-19(10-8-16)25(31(27)28)32(29)30/h4-10,14,20H,2-3,11-13,15,22H2,1H3,(H,27,28)(H,29,30). The Kier molecular flexibility index (Phi) is 8.38. The first kappa shape index (κ1) is 24.3. The van der Waals surface area contributed by atoms with Crippen LogP contribution < -0.4 is 9.44 Å². The fourth-order valence-corrected chi connectivity index (χ4v) is 4.91. The Labute approximate surface area is 193 Å². The molecule has 2 aromatic rings. The highest BCUT2D eigenvalue weighted by atomic mass is 32.3. The van der Waals surface area contributed by atoms with Crippen molar-refractivity contribution in [2.75, 3.05) is 36.1 Å². The first-order chi connectivity index (χ1) is 15.3. The van der Waals surface area contributed by atoms with Crippen molar-refractivity contribution >= 4 is 39.8 Å². The molecule has 1 fully saturated rings. The second kappa shape index (κ2) is 11.0. The summed E-state index contributed by atoms with van der Waals surface area (Å²) in [7, 11) is 1.78. The molecule has 1 aliphatic rings. The predicted octanol–water partition coefficient (Wildman–Crippen LogP) is 2.19. The van der Waals surface area contributed by atoms with E-state index < -0.39 is 22.5 Å². The number of benzene rings is 2. The number of likely N-dealkylation sites (tertiary alicyclic amines) is 1. The predicted molar refractivity (Wildman–Crippen MR) is 126 cm³/mol. The minimum atomic E-state index is -2.65. The van der Waals surface area contributed by atoms with E-state index in [-0.39, 0.29) is 24.1 Å². The summed E-state index contributed by atoms with van der Waals surface area (Å²) in [5.74, 6) is -0.0855. The van der Waals surface area contributed by atoms with E-state index >= 15 is 0 Å². The van der Waals surface area contributed by atoms with E-state index in [0.717, 1.165) is 38.0 Å². The minimum absolute atomic E-state index is 0.0855. The lowest BCUT2D eigenvalue weighted by Gasteiger charge is -2.32. The summed E-state index contributed by atoms with van der Waals surface area (Å²) in [4.78, 5) is 17.2. The van der Waals surface area contributed by atoms with Crippen LogP contribution in [0.1, 0.15) is 30.0 Å². The molecule has 1 amide bonds. The van der Waals surface area contributed by atoms with E-state index in [1.807, 2.05) is 24.3 Å². The number of nitrogens with zero attached hydrogens (tertiary/aromatic N) is 3. The van der Waals surface area contributed by atoms with E-state index in [4.69, 9.17) is 5.73 Å². The number of carbonyl (C=O) groups is 1. The molecule has 0 aromatic heterocycles. The van der Waals surface area contributed by atoms with Gasteiger partial charge < -0.3 is 15.5 Å². The van der Waals surface area contributed by atoms with E-state index in [9.17, 15) is 22.3 Å². The molecule has 0 radical (unpaired) electrons. The fraction of sp³-hybridized carbons (Fsp3) is 0.381. The van der Waals surface area contributed by atoms with Crippen molar-refractivity contribution in [3.63, 3.8) is 0 Å². The van der Waals surface area contributed by atoms with Gasteiger partial charge >= 0.3 is 0 Å². The van der Waals surface area contributed by atoms with Crippen LogP contribution >= 0.6 is 0 Å². The van der Waals surface area contributed by atoms with Crippen molar-refractivity contribution < 1.29 is 22.3 Å². The Morgan fingerprint density at radius 1 is 1.09 bits per heavy atom.